The zero-order valence-electron chi connectivity index (χ0n) is 13.0. The monoisotopic (exact) mass is 354 g/mol. The van der Waals surface area contributed by atoms with Crippen LogP contribution in [-0.2, 0) is 11.2 Å². The Labute approximate surface area is 147 Å². The van der Waals surface area contributed by atoms with Crippen LogP contribution < -0.4 is 5.32 Å². The Morgan fingerprint density at radius 1 is 1.20 bits per heavy atom. The number of carbonyl (C=O) groups excluding carboxylic acids is 2. The van der Waals surface area contributed by atoms with E-state index >= 15 is 0 Å². The van der Waals surface area contributed by atoms with Gasteiger partial charge in [-0.3, -0.25) is 14.9 Å². The fourth-order valence-electron chi connectivity index (χ4n) is 2.75. The smallest absolute Gasteiger partial charge is 0.286 e. The molecule has 126 valence electrons. The van der Waals surface area contributed by atoms with Crippen molar-refractivity contribution in [3.8, 4) is 0 Å². The Morgan fingerprint density at radius 3 is 2.72 bits per heavy atom. The minimum atomic E-state index is -0.939. The minimum absolute atomic E-state index is 0.224. The van der Waals surface area contributed by atoms with Crippen LogP contribution in [0.3, 0.4) is 0 Å². The maximum atomic E-state index is 11.7. The van der Waals surface area contributed by atoms with E-state index in [1.54, 1.807) is 18.2 Å². The number of oxazole rings is 1. The number of nitrogens with zero attached hydrogens (tertiary/aromatic N) is 1. The summed E-state index contributed by atoms with van der Waals surface area (Å²) in [6.45, 7) is 0. The third-order valence-electron chi connectivity index (χ3n) is 4.01. The van der Waals surface area contributed by atoms with Crippen LogP contribution in [0.25, 0.3) is 11.1 Å². The van der Waals surface area contributed by atoms with Crippen molar-refractivity contribution in [2.45, 2.75) is 17.8 Å². The van der Waals surface area contributed by atoms with Gasteiger partial charge in [0.2, 0.25) is 11.8 Å². The standard InChI is InChI=1S/C18H14N2O4S/c21-15(11-4-2-1-3-5-11)17-19-12-8-10(6-7-13(12)24-17)9-14-16(22)20-18(23)25-14/h1-8,14-15,21H,9H2,(H,20,22,23). The maximum absolute atomic E-state index is 11.7. The molecule has 2 N–H and O–H groups in total. The van der Waals surface area contributed by atoms with Crippen LogP contribution in [0.4, 0.5) is 4.79 Å². The molecule has 25 heavy (non-hydrogen) atoms. The SMILES string of the molecule is O=C1NC(=O)C(Cc2ccc3oc(C(O)c4ccccc4)nc3c2)S1. The molecule has 0 spiro atoms. The number of amides is 2. The molecule has 2 amide bonds. The molecule has 0 saturated carbocycles. The van der Waals surface area contributed by atoms with Gasteiger partial charge in [-0.15, -0.1) is 0 Å². The van der Waals surface area contributed by atoms with Crippen molar-refractivity contribution in [1.29, 1.82) is 0 Å². The lowest BCUT2D eigenvalue weighted by Gasteiger charge is -2.05. The van der Waals surface area contributed by atoms with E-state index in [9.17, 15) is 14.7 Å². The molecule has 3 aromatic rings. The van der Waals surface area contributed by atoms with Crippen LogP contribution in [0.15, 0.2) is 52.9 Å². The quantitative estimate of drug-likeness (QED) is 0.748. The van der Waals surface area contributed by atoms with Gasteiger partial charge in [-0.25, -0.2) is 4.98 Å². The van der Waals surface area contributed by atoms with Crippen LogP contribution in [0.1, 0.15) is 23.1 Å². The number of nitrogens with one attached hydrogen (secondary N) is 1. The third kappa shape index (κ3) is 3.16. The predicted molar refractivity (Wildman–Crippen MR) is 93.1 cm³/mol. The number of hydrogen-bond acceptors (Lipinski definition) is 6. The molecule has 1 fully saturated rings. The first kappa shape index (κ1) is 15.9. The van der Waals surface area contributed by atoms with E-state index < -0.39 is 11.4 Å². The highest BCUT2D eigenvalue weighted by atomic mass is 32.2. The summed E-state index contributed by atoms with van der Waals surface area (Å²) in [5, 5.41) is 11.9. The summed E-state index contributed by atoms with van der Waals surface area (Å²) in [6.07, 6.45) is -0.507. The van der Waals surface area contributed by atoms with Crippen molar-refractivity contribution in [1.82, 2.24) is 10.3 Å². The molecule has 1 aliphatic heterocycles. The lowest BCUT2D eigenvalue weighted by Crippen LogP contribution is -2.25. The number of hydrogen-bond donors (Lipinski definition) is 2. The van der Waals surface area contributed by atoms with E-state index in [2.05, 4.69) is 10.3 Å². The first-order valence-electron chi connectivity index (χ1n) is 7.74. The zero-order chi connectivity index (χ0) is 17.4. The zero-order valence-corrected chi connectivity index (χ0v) is 13.8. The Morgan fingerprint density at radius 2 is 2.00 bits per heavy atom. The molecule has 2 aromatic carbocycles. The number of fused-ring (bicyclic) bond motifs is 1. The molecule has 7 heteroatoms. The number of aromatic nitrogens is 1. The molecular weight excluding hydrogens is 340 g/mol. The highest BCUT2D eigenvalue weighted by Gasteiger charge is 2.31. The summed E-state index contributed by atoms with van der Waals surface area (Å²) >= 11 is 0.998. The molecule has 0 aliphatic carbocycles. The maximum Gasteiger partial charge on any atom is 0.286 e. The number of imide groups is 1. The van der Waals surface area contributed by atoms with E-state index in [0.29, 0.717) is 23.1 Å². The molecule has 1 aliphatic rings. The number of rotatable bonds is 4. The highest BCUT2D eigenvalue weighted by molar-refractivity contribution is 8.15. The predicted octanol–water partition coefficient (Wildman–Crippen LogP) is 2.80. The van der Waals surface area contributed by atoms with Crippen molar-refractivity contribution in [3.05, 3.63) is 65.5 Å². The van der Waals surface area contributed by atoms with Crippen LogP contribution in [0, 0.1) is 0 Å². The van der Waals surface area contributed by atoms with E-state index in [1.165, 1.54) is 0 Å². The van der Waals surface area contributed by atoms with Gasteiger partial charge >= 0.3 is 0 Å². The van der Waals surface area contributed by atoms with Crippen molar-refractivity contribution in [3.63, 3.8) is 0 Å². The van der Waals surface area contributed by atoms with Crippen molar-refractivity contribution < 1.29 is 19.1 Å². The van der Waals surface area contributed by atoms with Gasteiger partial charge in [-0.05, 0) is 29.7 Å². The Bertz CT molecular complexity index is 954. The molecule has 4 rings (SSSR count). The van der Waals surface area contributed by atoms with Crippen molar-refractivity contribution in [2.75, 3.05) is 0 Å². The van der Waals surface area contributed by atoms with Gasteiger partial charge < -0.3 is 9.52 Å². The van der Waals surface area contributed by atoms with Crippen LogP contribution in [0.5, 0.6) is 0 Å². The summed E-state index contributed by atoms with van der Waals surface area (Å²) in [4.78, 5) is 27.3. The fourth-order valence-corrected chi connectivity index (χ4v) is 3.61. The Hall–Kier alpha value is -2.64. The second-order valence-corrected chi connectivity index (χ2v) is 6.93. The van der Waals surface area contributed by atoms with Gasteiger partial charge in [-0.1, -0.05) is 48.2 Å². The first-order valence-corrected chi connectivity index (χ1v) is 8.62. The molecule has 1 saturated heterocycles. The summed E-state index contributed by atoms with van der Waals surface area (Å²) in [6, 6.07) is 14.6. The van der Waals surface area contributed by atoms with Crippen molar-refractivity contribution in [2.24, 2.45) is 0 Å². The summed E-state index contributed by atoms with van der Waals surface area (Å²) in [5.74, 6) is -0.0445. The van der Waals surface area contributed by atoms with Gasteiger partial charge in [0.05, 0.1) is 5.25 Å². The largest absolute Gasteiger partial charge is 0.437 e. The van der Waals surface area contributed by atoms with Gasteiger partial charge in [0, 0.05) is 0 Å². The lowest BCUT2D eigenvalue weighted by atomic mass is 10.1. The minimum Gasteiger partial charge on any atom is -0.437 e. The van der Waals surface area contributed by atoms with Crippen LogP contribution in [-0.4, -0.2) is 26.5 Å². The second kappa shape index (κ2) is 6.34. The Balaban J connectivity index is 1.59. The van der Waals surface area contributed by atoms with Gasteiger partial charge in [0.1, 0.15) is 5.52 Å². The van der Waals surface area contributed by atoms with E-state index in [-0.39, 0.29) is 17.0 Å². The molecular formula is C18H14N2O4S. The summed E-state index contributed by atoms with van der Waals surface area (Å²) in [7, 11) is 0. The number of benzene rings is 2. The summed E-state index contributed by atoms with van der Waals surface area (Å²) < 4.78 is 5.65. The normalized spacial score (nSPS) is 18.5. The number of thioether (sulfide) groups is 1. The van der Waals surface area contributed by atoms with Crippen molar-refractivity contribution >= 4 is 34.0 Å². The average Bonchev–Trinajstić information content (AvgIpc) is 3.17. The lowest BCUT2D eigenvalue weighted by molar-refractivity contribution is -0.118. The van der Waals surface area contributed by atoms with E-state index in [1.807, 2.05) is 30.3 Å². The molecule has 2 atom stereocenters. The van der Waals surface area contributed by atoms with Gasteiger partial charge in [0.25, 0.3) is 5.24 Å². The number of aliphatic hydroxyl groups is 1. The highest BCUT2D eigenvalue weighted by Crippen LogP contribution is 2.28. The molecule has 2 heterocycles. The fraction of sp³-hybridized carbons (Fsp3) is 0.167. The number of carbonyl (C=O) groups is 2. The Kier molecular flexibility index (Phi) is 4.03. The van der Waals surface area contributed by atoms with E-state index in [0.717, 1.165) is 17.3 Å². The molecule has 0 bridgehead atoms. The van der Waals surface area contributed by atoms with Gasteiger partial charge in [-0.2, -0.15) is 0 Å². The van der Waals surface area contributed by atoms with Crippen LogP contribution in [0.2, 0.25) is 0 Å². The van der Waals surface area contributed by atoms with Crippen LogP contribution >= 0.6 is 11.8 Å². The molecule has 1 aromatic heterocycles. The third-order valence-corrected chi connectivity index (χ3v) is 4.99. The average molecular weight is 354 g/mol. The molecule has 0 radical (unpaired) electrons. The molecule has 2 unspecified atom stereocenters. The second-order valence-electron chi connectivity index (χ2n) is 5.75. The number of aliphatic hydroxyl groups excluding tert-OH is 1. The van der Waals surface area contributed by atoms with Gasteiger partial charge in [0.15, 0.2) is 11.7 Å². The topological polar surface area (TPSA) is 92.4 Å². The van der Waals surface area contributed by atoms with E-state index in [4.69, 9.17) is 4.42 Å². The molecule has 6 nitrogen and oxygen atoms in total. The first-order chi connectivity index (χ1) is 12.1. The summed E-state index contributed by atoms with van der Waals surface area (Å²) in [5.41, 5.74) is 2.75.